The molecule has 2 atom stereocenters. The Hall–Kier alpha value is -2.08. The molecule has 6 heteroatoms. The van der Waals surface area contributed by atoms with Crippen LogP contribution in [0.25, 0.3) is 0 Å². The Balaban J connectivity index is 1.11. The fourth-order valence-corrected chi connectivity index (χ4v) is 4.85. The molecule has 4 heterocycles. The van der Waals surface area contributed by atoms with E-state index in [1.165, 1.54) is 0 Å². The van der Waals surface area contributed by atoms with Crippen LogP contribution in [0, 0.1) is 5.92 Å². The topological polar surface area (TPSA) is 59.1 Å². The summed E-state index contributed by atoms with van der Waals surface area (Å²) in [5, 5.41) is 0. The molecule has 1 spiro atoms. The van der Waals surface area contributed by atoms with Gasteiger partial charge < -0.3 is 19.3 Å². The Kier molecular flexibility index (Phi) is 4.11. The molecular weight excluding hydrogens is 344 g/mol. The number of likely N-dealkylation sites (tertiary alicyclic amines) is 2. The highest BCUT2D eigenvalue weighted by Crippen LogP contribution is 2.38. The van der Waals surface area contributed by atoms with Crippen molar-refractivity contribution in [1.82, 2.24) is 9.80 Å². The van der Waals surface area contributed by atoms with Gasteiger partial charge in [0, 0.05) is 31.8 Å². The molecule has 0 bridgehead atoms. The number of hydrogen-bond donors (Lipinski definition) is 0. The summed E-state index contributed by atoms with van der Waals surface area (Å²) in [4.78, 5) is 28.4. The van der Waals surface area contributed by atoms with Crippen molar-refractivity contribution in [3.05, 3.63) is 29.8 Å². The van der Waals surface area contributed by atoms with Crippen LogP contribution in [0.2, 0.25) is 0 Å². The molecule has 0 aliphatic carbocycles. The molecule has 1 aromatic carbocycles. The number of amides is 2. The number of carbonyl (C=O) groups is 2. The van der Waals surface area contributed by atoms with Crippen LogP contribution in [0.5, 0.6) is 5.75 Å². The lowest BCUT2D eigenvalue weighted by atomic mass is 9.82. The summed E-state index contributed by atoms with van der Waals surface area (Å²) < 4.78 is 12.0. The van der Waals surface area contributed by atoms with Gasteiger partial charge in [-0.2, -0.15) is 0 Å². The number of rotatable bonds is 3. The smallest absolute Gasteiger partial charge is 0.264 e. The van der Waals surface area contributed by atoms with Gasteiger partial charge in [0.1, 0.15) is 11.4 Å². The van der Waals surface area contributed by atoms with Gasteiger partial charge in [0.25, 0.3) is 5.91 Å². The van der Waals surface area contributed by atoms with Gasteiger partial charge in [0.15, 0.2) is 6.10 Å². The number of carbonyl (C=O) groups excluding carboxylic acids is 2. The van der Waals surface area contributed by atoms with Gasteiger partial charge in [0.05, 0.1) is 19.7 Å². The molecule has 4 aliphatic rings. The summed E-state index contributed by atoms with van der Waals surface area (Å²) in [7, 11) is 0. The van der Waals surface area contributed by atoms with Gasteiger partial charge >= 0.3 is 0 Å². The quantitative estimate of drug-likeness (QED) is 0.811. The van der Waals surface area contributed by atoms with Crippen molar-refractivity contribution in [2.75, 3.05) is 32.8 Å². The molecule has 3 saturated heterocycles. The van der Waals surface area contributed by atoms with E-state index >= 15 is 0 Å². The maximum atomic E-state index is 12.8. The van der Waals surface area contributed by atoms with Crippen molar-refractivity contribution in [3.8, 4) is 5.75 Å². The maximum Gasteiger partial charge on any atom is 0.264 e. The summed E-state index contributed by atoms with van der Waals surface area (Å²) in [6.07, 6.45) is 3.98. The van der Waals surface area contributed by atoms with Gasteiger partial charge in [-0.3, -0.25) is 9.59 Å². The van der Waals surface area contributed by atoms with Crippen molar-refractivity contribution in [3.63, 3.8) is 0 Å². The van der Waals surface area contributed by atoms with Crippen molar-refractivity contribution in [2.45, 2.75) is 43.8 Å². The lowest BCUT2D eigenvalue weighted by molar-refractivity contribution is -0.193. The number of nitrogens with zero attached hydrogens (tertiary/aromatic N) is 2. The second-order valence-corrected chi connectivity index (χ2v) is 8.45. The van der Waals surface area contributed by atoms with E-state index in [9.17, 15) is 9.59 Å². The zero-order valence-electron chi connectivity index (χ0n) is 15.6. The third-order valence-electron chi connectivity index (χ3n) is 6.48. The van der Waals surface area contributed by atoms with Crippen molar-refractivity contribution < 1.29 is 19.1 Å². The van der Waals surface area contributed by atoms with E-state index in [4.69, 9.17) is 9.47 Å². The number of fused-ring (bicyclic) bond motifs is 1. The second kappa shape index (κ2) is 6.51. The fourth-order valence-electron chi connectivity index (χ4n) is 4.85. The predicted octanol–water partition coefficient (Wildman–Crippen LogP) is 1.62. The van der Waals surface area contributed by atoms with Crippen LogP contribution in [0.15, 0.2) is 24.3 Å². The molecule has 5 rings (SSSR count). The summed E-state index contributed by atoms with van der Waals surface area (Å²) in [5.74, 6) is 1.62. The van der Waals surface area contributed by atoms with Crippen LogP contribution in [-0.4, -0.2) is 66.1 Å². The highest BCUT2D eigenvalue weighted by Gasteiger charge is 2.50. The number of hydrogen-bond acceptors (Lipinski definition) is 4. The third kappa shape index (κ3) is 3.10. The van der Waals surface area contributed by atoms with Gasteiger partial charge in [0.2, 0.25) is 5.91 Å². The van der Waals surface area contributed by atoms with E-state index in [1.54, 1.807) is 0 Å². The minimum Gasteiger partial charge on any atom is -0.480 e. The van der Waals surface area contributed by atoms with Gasteiger partial charge in [-0.25, -0.2) is 0 Å². The van der Waals surface area contributed by atoms with Crippen LogP contribution in [0.1, 0.15) is 31.2 Å². The van der Waals surface area contributed by atoms with E-state index in [1.807, 2.05) is 34.1 Å². The minimum absolute atomic E-state index is 0.0743. The monoisotopic (exact) mass is 370 g/mol. The molecule has 4 aliphatic heterocycles. The number of para-hydroxylation sites is 1. The van der Waals surface area contributed by atoms with E-state index in [0.717, 1.165) is 43.7 Å². The number of benzene rings is 1. The minimum atomic E-state index is -0.391. The van der Waals surface area contributed by atoms with Crippen molar-refractivity contribution >= 4 is 11.8 Å². The highest BCUT2D eigenvalue weighted by molar-refractivity contribution is 5.83. The average molecular weight is 370 g/mol. The van der Waals surface area contributed by atoms with Gasteiger partial charge in [-0.15, -0.1) is 0 Å². The molecule has 3 fully saturated rings. The SMILES string of the molecule is O=C1CCCN1CC1CCC2(CN(C(=O)C3Cc4ccccc4O3)C2)OC1. The Bertz CT molecular complexity index is 723. The molecule has 2 unspecified atom stereocenters. The number of ether oxygens (including phenoxy) is 2. The molecule has 0 saturated carbocycles. The molecular formula is C21H26N2O4. The molecule has 2 amide bonds. The average Bonchev–Trinajstić information content (AvgIpc) is 3.26. The summed E-state index contributed by atoms with van der Waals surface area (Å²) in [5.41, 5.74) is 0.936. The lowest BCUT2D eigenvalue weighted by Gasteiger charge is -2.53. The van der Waals surface area contributed by atoms with Crippen molar-refractivity contribution in [2.24, 2.45) is 5.92 Å². The van der Waals surface area contributed by atoms with E-state index in [2.05, 4.69) is 0 Å². The molecule has 0 radical (unpaired) electrons. The molecule has 0 aromatic heterocycles. The molecule has 0 N–H and O–H groups in total. The van der Waals surface area contributed by atoms with E-state index in [0.29, 0.717) is 38.5 Å². The first-order valence-corrected chi connectivity index (χ1v) is 10.1. The fraction of sp³-hybridized carbons (Fsp3) is 0.619. The first-order valence-electron chi connectivity index (χ1n) is 10.1. The molecule has 27 heavy (non-hydrogen) atoms. The zero-order valence-corrected chi connectivity index (χ0v) is 15.6. The normalized spacial score (nSPS) is 28.8. The lowest BCUT2D eigenvalue weighted by Crippen LogP contribution is -2.68. The predicted molar refractivity (Wildman–Crippen MR) is 98.4 cm³/mol. The van der Waals surface area contributed by atoms with Crippen LogP contribution < -0.4 is 4.74 Å². The molecule has 144 valence electrons. The van der Waals surface area contributed by atoms with Gasteiger partial charge in [-0.05, 0) is 30.9 Å². The van der Waals surface area contributed by atoms with Crippen LogP contribution in [-0.2, 0) is 20.7 Å². The largest absolute Gasteiger partial charge is 0.480 e. The Labute approximate surface area is 159 Å². The van der Waals surface area contributed by atoms with Crippen LogP contribution in [0.4, 0.5) is 0 Å². The highest BCUT2D eigenvalue weighted by atomic mass is 16.5. The molecule has 6 nitrogen and oxygen atoms in total. The summed E-state index contributed by atoms with van der Waals surface area (Å²) in [6, 6.07) is 7.87. The zero-order chi connectivity index (χ0) is 18.4. The summed E-state index contributed by atoms with van der Waals surface area (Å²) in [6.45, 7) is 3.74. The maximum absolute atomic E-state index is 12.8. The Morgan fingerprint density at radius 2 is 2.11 bits per heavy atom. The summed E-state index contributed by atoms with van der Waals surface area (Å²) >= 11 is 0. The van der Waals surface area contributed by atoms with Crippen molar-refractivity contribution in [1.29, 1.82) is 0 Å². The molecule has 1 aromatic rings. The first kappa shape index (κ1) is 17.0. The third-order valence-corrected chi connectivity index (χ3v) is 6.48. The second-order valence-electron chi connectivity index (χ2n) is 8.45. The standard InChI is InChI=1S/C21H26N2O4/c24-19-6-3-9-22(19)11-15-7-8-21(26-12-15)13-23(14-21)20(25)18-10-16-4-1-2-5-17(16)27-18/h1-2,4-5,15,18H,3,6-14H2. The van der Waals surface area contributed by atoms with Crippen LogP contribution in [0.3, 0.4) is 0 Å². The van der Waals surface area contributed by atoms with Gasteiger partial charge in [-0.1, -0.05) is 18.2 Å². The Morgan fingerprint density at radius 3 is 2.81 bits per heavy atom. The van der Waals surface area contributed by atoms with Crippen LogP contribution >= 0.6 is 0 Å². The Morgan fingerprint density at radius 1 is 1.26 bits per heavy atom. The first-order chi connectivity index (χ1) is 13.1. The van der Waals surface area contributed by atoms with E-state index in [-0.39, 0.29) is 17.4 Å². The van der Waals surface area contributed by atoms with E-state index < -0.39 is 6.10 Å².